The van der Waals surface area contributed by atoms with Gasteiger partial charge in [0.1, 0.15) is 0 Å². The summed E-state index contributed by atoms with van der Waals surface area (Å²) in [5.74, 6) is 0.763. The Balaban J connectivity index is 2.70. The van der Waals surface area contributed by atoms with Crippen LogP contribution in [0.1, 0.15) is 45.2 Å². The molecule has 0 bridgehead atoms. The summed E-state index contributed by atoms with van der Waals surface area (Å²) in [5.41, 5.74) is 2.83. The molecule has 1 heteroatoms. The van der Waals surface area contributed by atoms with Gasteiger partial charge in [-0.25, -0.2) is 0 Å². The molecule has 1 rings (SSSR count). The molecule has 0 fully saturated rings. The van der Waals surface area contributed by atoms with E-state index in [4.69, 9.17) is 0 Å². The fraction of sp³-hybridized carbons (Fsp3) is 0.625. The van der Waals surface area contributed by atoms with Crippen LogP contribution in [0.3, 0.4) is 0 Å². The summed E-state index contributed by atoms with van der Waals surface area (Å²) in [7, 11) is 2.18. The maximum absolute atomic E-state index is 3.41. The van der Waals surface area contributed by atoms with Crippen molar-refractivity contribution in [3.63, 3.8) is 0 Å². The second kappa shape index (κ2) is 6.80. The highest BCUT2D eigenvalue weighted by Gasteiger charge is 2.08. The van der Waals surface area contributed by atoms with Crippen molar-refractivity contribution in [2.24, 2.45) is 5.92 Å². The summed E-state index contributed by atoms with van der Waals surface area (Å²) in [6, 6.07) is 10.4. The van der Waals surface area contributed by atoms with Crippen LogP contribution in [0.5, 0.6) is 0 Å². The molecule has 1 nitrogen and oxygen atoms in total. The summed E-state index contributed by atoms with van der Waals surface area (Å²) in [5, 5.41) is 0. The van der Waals surface area contributed by atoms with E-state index in [9.17, 15) is 0 Å². The fourth-order valence-electron chi connectivity index (χ4n) is 1.77. The first kappa shape index (κ1) is 14.2. The van der Waals surface area contributed by atoms with Crippen molar-refractivity contribution in [3.8, 4) is 0 Å². The predicted molar refractivity (Wildman–Crippen MR) is 75.0 cm³/mol. The quantitative estimate of drug-likeness (QED) is 0.718. The Bertz CT molecular complexity index is 328. The largest absolute Gasteiger partial charge is 0.300 e. The minimum atomic E-state index is 0.591. The lowest BCUT2D eigenvalue weighted by atomic mass is 9.98. The molecule has 1 aromatic rings. The van der Waals surface area contributed by atoms with Crippen LogP contribution in [0.4, 0.5) is 0 Å². The standard InChI is InChI=1S/C16H26N/c1-13(2)10-11-15-8-6-7-9-16(15)12-17(5)14(3)4/h6-7,9,13-14H,10-12H2,1-5H3. The van der Waals surface area contributed by atoms with E-state index in [1.807, 2.05) is 6.07 Å². The highest BCUT2D eigenvalue weighted by atomic mass is 15.1. The first-order valence-corrected chi connectivity index (χ1v) is 6.69. The molecule has 0 atom stereocenters. The molecule has 95 valence electrons. The van der Waals surface area contributed by atoms with Crippen molar-refractivity contribution in [3.05, 3.63) is 35.4 Å². The van der Waals surface area contributed by atoms with Crippen molar-refractivity contribution in [1.82, 2.24) is 4.90 Å². The van der Waals surface area contributed by atoms with Gasteiger partial charge in [0.2, 0.25) is 0 Å². The molecule has 1 radical (unpaired) electrons. The zero-order valence-electron chi connectivity index (χ0n) is 12.0. The summed E-state index contributed by atoms with van der Waals surface area (Å²) in [6.45, 7) is 10.1. The molecule has 0 saturated carbocycles. The number of aryl methyl sites for hydroxylation is 1. The number of benzene rings is 1. The van der Waals surface area contributed by atoms with Gasteiger partial charge in [-0.1, -0.05) is 32.0 Å². The Morgan fingerprint density at radius 1 is 1.24 bits per heavy atom. The number of hydrogen-bond donors (Lipinski definition) is 0. The van der Waals surface area contributed by atoms with Crippen LogP contribution in [-0.2, 0) is 13.0 Å². The molecule has 0 N–H and O–H groups in total. The third kappa shape index (κ3) is 4.91. The van der Waals surface area contributed by atoms with E-state index in [1.54, 1.807) is 0 Å². The van der Waals surface area contributed by atoms with Gasteiger partial charge in [-0.05, 0) is 56.8 Å². The summed E-state index contributed by atoms with van der Waals surface area (Å²) < 4.78 is 0. The van der Waals surface area contributed by atoms with Crippen LogP contribution in [0, 0.1) is 12.0 Å². The van der Waals surface area contributed by atoms with Crippen molar-refractivity contribution >= 4 is 0 Å². The van der Waals surface area contributed by atoms with Gasteiger partial charge < -0.3 is 0 Å². The third-order valence-electron chi connectivity index (χ3n) is 3.31. The summed E-state index contributed by atoms with van der Waals surface area (Å²) in [4.78, 5) is 2.38. The molecular formula is C16H26N. The number of nitrogens with zero attached hydrogens (tertiary/aromatic N) is 1. The third-order valence-corrected chi connectivity index (χ3v) is 3.31. The normalized spacial score (nSPS) is 11.8. The average molecular weight is 232 g/mol. The SMILES string of the molecule is CC(C)CCc1[c]cccc1CN(C)C(C)C. The Kier molecular flexibility index (Phi) is 5.70. The lowest BCUT2D eigenvalue weighted by Crippen LogP contribution is -2.26. The lowest BCUT2D eigenvalue weighted by molar-refractivity contribution is 0.265. The van der Waals surface area contributed by atoms with E-state index in [1.165, 1.54) is 17.5 Å². The highest BCUT2D eigenvalue weighted by molar-refractivity contribution is 5.26. The smallest absolute Gasteiger partial charge is 0.0236 e. The molecule has 0 aliphatic rings. The van der Waals surface area contributed by atoms with Crippen LogP contribution in [0.25, 0.3) is 0 Å². The van der Waals surface area contributed by atoms with Gasteiger partial charge in [0, 0.05) is 12.6 Å². The molecule has 0 aliphatic heterocycles. The Hall–Kier alpha value is -0.820. The minimum Gasteiger partial charge on any atom is -0.300 e. The topological polar surface area (TPSA) is 3.24 Å². The van der Waals surface area contributed by atoms with Crippen LogP contribution >= 0.6 is 0 Å². The first-order valence-electron chi connectivity index (χ1n) is 6.69. The van der Waals surface area contributed by atoms with E-state index in [-0.39, 0.29) is 0 Å². The Morgan fingerprint density at radius 2 is 1.94 bits per heavy atom. The van der Waals surface area contributed by atoms with Gasteiger partial charge >= 0.3 is 0 Å². The average Bonchev–Trinajstić information content (AvgIpc) is 2.27. The van der Waals surface area contributed by atoms with Gasteiger partial charge in [0.05, 0.1) is 0 Å². The van der Waals surface area contributed by atoms with E-state index in [2.05, 4.69) is 57.8 Å². The second-order valence-electron chi connectivity index (χ2n) is 5.62. The van der Waals surface area contributed by atoms with Gasteiger partial charge in [0.15, 0.2) is 0 Å². The van der Waals surface area contributed by atoms with E-state index in [0.717, 1.165) is 18.9 Å². The molecule has 0 heterocycles. The molecule has 0 unspecified atom stereocenters. The van der Waals surface area contributed by atoms with Crippen molar-refractivity contribution < 1.29 is 0 Å². The van der Waals surface area contributed by atoms with Gasteiger partial charge in [-0.15, -0.1) is 0 Å². The van der Waals surface area contributed by atoms with Gasteiger partial charge in [-0.2, -0.15) is 0 Å². The number of hydrogen-bond acceptors (Lipinski definition) is 1. The molecule has 0 spiro atoms. The fourth-order valence-corrected chi connectivity index (χ4v) is 1.77. The zero-order chi connectivity index (χ0) is 12.8. The van der Waals surface area contributed by atoms with E-state index in [0.29, 0.717) is 6.04 Å². The molecule has 0 amide bonds. The van der Waals surface area contributed by atoms with Crippen LogP contribution in [-0.4, -0.2) is 18.0 Å². The van der Waals surface area contributed by atoms with Crippen molar-refractivity contribution in [2.75, 3.05) is 7.05 Å². The van der Waals surface area contributed by atoms with Gasteiger partial charge in [-0.3, -0.25) is 4.90 Å². The summed E-state index contributed by atoms with van der Waals surface area (Å²) in [6.07, 6.45) is 2.40. The highest BCUT2D eigenvalue weighted by Crippen LogP contribution is 2.16. The van der Waals surface area contributed by atoms with Gasteiger partial charge in [0.25, 0.3) is 0 Å². The predicted octanol–water partition coefficient (Wildman–Crippen LogP) is 3.92. The van der Waals surface area contributed by atoms with Crippen LogP contribution < -0.4 is 0 Å². The molecule has 0 aromatic heterocycles. The minimum absolute atomic E-state index is 0.591. The maximum atomic E-state index is 3.41. The Labute approximate surface area is 107 Å². The molecule has 0 saturated heterocycles. The Morgan fingerprint density at radius 3 is 2.53 bits per heavy atom. The van der Waals surface area contributed by atoms with Crippen LogP contribution in [0.2, 0.25) is 0 Å². The second-order valence-corrected chi connectivity index (χ2v) is 5.62. The lowest BCUT2D eigenvalue weighted by Gasteiger charge is -2.22. The monoisotopic (exact) mass is 232 g/mol. The zero-order valence-corrected chi connectivity index (χ0v) is 12.0. The molecular weight excluding hydrogens is 206 g/mol. The maximum Gasteiger partial charge on any atom is 0.0236 e. The molecule has 17 heavy (non-hydrogen) atoms. The number of rotatable bonds is 6. The van der Waals surface area contributed by atoms with Crippen molar-refractivity contribution in [2.45, 2.75) is 53.1 Å². The van der Waals surface area contributed by atoms with E-state index < -0.39 is 0 Å². The van der Waals surface area contributed by atoms with Crippen LogP contribution in [0.15, 0.2) is 18.2 Å². The van der Waals surface area contributed by atoms with Crippen molar-refractivity contribution in [1.29, 1.82) is 0 Å². The summed E-state index contributed by atoms with van der Waals surface area (Å²) >= 11 is 0. The van der Waals surface area contributed by atoms with E-state index >= 15 is 0 Å². The molecule has 0 aliphatic carbocycles. The molecule has 1 aromatic carbocycles. The first-order chi connectivity index (χ1) is 8.00.